The Labute approximate surface area is 289 Å². The molecule has 3 aromatic rings. The van der Waals surface area contributed by atoms with Crippen LogP contribution in [0, 0.1) is 10.1 Å². The number of amides is 2. The van der Waals surface area contributed by atoms with Crippen molar-refractivity contribution in [1.29, 1.82) is 0 Å². The van der Waals surface area contributed by atoms with Crippen LogP contribution >= 0.6 is 23.2 Å². The molecule has 1 fully saturated rings. The van der Waals surface area contributed by atoms with Gasteiger partial charge in [0.15, 0.2) is 5.79 Å². The average molecular weight is 728 g/mol. The van der Waals surface area contributed by atoms with Crippen molar-refractivity contribution in [3.8, 4) is 11.5 Å². The van der Waals surface area contributed by atoms with Crippen molar-refractivity contribution in [3.05, 3.63) is 44.8 Å². The van der Waals surface area contributed by atoms with Gasteiger partial charge in [0.1, 0.15) is 58.5 Å². The van der Waals surface area contributed by atoms with Gasteiger partial charge in [-0.3, -0.25) is 24.6 Å². The molecule has 16 nitrogen and oxygen atoms in total. The van der Waals surface area contributed by atoms with Crippen molar-refractivity contribution in [2.24, 2.45) is 0 Å². The standard InChI is InChI=1S/C29H40Cl2N8O8Si/c1-29(2)46-15-18(47-29)13-37-14-19(39(41)42)27(35-37)34-22-12-23(33-16-32-22)36(3)28(40)38(17-45-9-10-48(6,7)8)26-24(30)20(43-4)11-21(44-5)25(26)31/h11-12,14,16,18H,9-10,13,15,17H2,1-8H3,(H,32,33,34,35)/t18-/m1/s1. The van der Waals surface area contributed by atoms with Crippen LogP contribution in [0.15, 0.2) is 24.7 Å². The first kappa shape index (κ1) is 37.1. The third-order valence-corrected chi connectivity index (χ3v) is 9.63. The van der Waals surface area contributed by atoms with E-state index in [9.17, 15) is 14.9 Å². The third kappa shape index (κ3) is 9.03. The van der Waals surface area contributed by atoms with E-state index >= 15 is 0 Å². The SMILES string of the molecule is COc1cc(OC)c(Cl)c(N(COCC[Si](C)(C)C)C(=O)N(C)c2cc(Nc3nn(C[C@@H]4COC(C)(C)O4)cc3[N+](=O)[O-])ncn2)c1Cl. The number of nitrogens with zero attached hydrogens (tertiary/aromatic N) is 7. The number of ether oxygens (including phenoxy) is 5. The molecule has 2 aromatic heterocycles. The molecule has 1 saturated heterocycles. The number of rotatable bonds is 14. The van der Waals surface area contributed by atoms with Gasteiger partial charge in [0.2, 0.25) is 5.82 Å². The third-order valence-electron chi connectivity index (χ3n) is 7.19. The monoisotopic (exact) mass is 726 g/mol. The van der Waals surface area contributed by atoms with Gasteiger partial charge in [0.05, 0.1) is 38.0 Å². The fourth-order valence-electron chi connectivity index (χ4n) is 4.65. The van der Waals surface area contributed by atoms with E-state index in [1.54, 1.807) is 13.8 Å². The van der Waals surface area contributed by atoms with E-state index in [2.05, 4.69) is 40.0 Å². The molecule has 0 radical (unpaired) electrons. The van der Waals surface area contributed by atoms with E-state index in [1.165, 1.54) is 60.4 Å². The van der Waals surface area contributed by atoms with Crippen LogP contribution in [0.1, 0.15) is 13.8 Å². The largest absolute Gasteiger partial charge is 0.495 e. The molecule has 19 heteroatoms. The lowest BCUT2D eigenvalue weighted by Gasteiger charge is -2.30. The molecule has 262 valence electrons. The highest BCUT2D eigenvalue weighted by Crippen LogP contribution is 2.46. The molecule has 0 bridgehead atoms. The van der Waals surface area contributed by atoms with E-state index in [1.807, 2.05) is 0 Å². The van der Waals surface area contributed by atoms with Crippen molar-refractivity contribution in [2.45, 2.75) is 58.0 Å². The molecule has 1 aliphatic heterocycles. The van der Waals surface area contributed by atoms with Crippen molar-refractivity contribution >= 4 is 66.1 Å². The molecule has 0 spiro atoms. The Hall–Kier alpha value is -3.74. The Balaban J connectivity index is 1.61. The number of urea groups is 1. The normalized spacial score (nSPS) is 15.7. The summed E-state index contributed by atoms with van der Waals surface area (Å²) < 4.78 is 29.6. The Kier molecular flexibility index (Phi) is 11.8. The molecule has 3 heterocycles. The molecule has 48 heavy (non-hydrogen) atoms. The van der Waals surface area contributed by atoms with Gasteiger partial charge in [-0.15, -0.1) is 5.10 Å². The van der Waals surface area contributed by atoms with Crippen LogP contribution in [-0.2, 0) is 20.8 Å². The molecule has 1 N–H and O–H groups in total. The number of nitrogens with one attached hydrogen (secondary N) is 1. The molecule has 0 unspecified atom stereocenters. The zero-order chi connectivity index (χ0) is 35.4. The van der Waals surface area contributed by atoms with E-state index < -0.39 is 24.8 Å². The summed E-state index contributed by atoms with van der Waals surface area (Å²) in [6.07, 6.45) is 2.16. The number of carbonyl (C=O) groups is 1. The van der Waals surface area contributed by atoms with Gasteiger partial charge >= 0.3 is 11.7 Å². The smallest absolute Gasteiger partial charge is 0.331 e. The minimum absolute atomic E-state index is 0.0590. The van der Waals surface area contributed by atoms with Crippen molar-refractivity contribution < 1.29 is 33.4 Å². The minimum Gasteiger partial charge on any atom is -0.495 e. The summed E-state index contributed by atoms with van der Waals surface area (Å²) in [5.74, 6) is -0.0478. The number of methoxy groups -OCH3 is 2. The zero-order valence-electron chi connectivity index (χ0n) is 28.1. The number of hydrogen-bond donors (Lipinski definition) is 1. The lowest BCUT2D eigenvalue weighted by atomic mass is 10.2. The second-order valence-corrected chi connectivity index (χ2v) is 18.9. The molecule has 4 rings (SSSR count). The second kappa shape index (κ2) is 15.2. The van der Waals surface area contributed by atoms with E-state index in [-0.39, 0.29) is 69.8 Å². The van der Waals surface area contributed by atoms with Gasteiger partial charge in [0.25, 0.3) is 0 Å². The fraction of sp³-hybridized carbons (Fsp3) is 0.517. The Morgan fingerprint density at radius 1 is 1.19 bits per heavy atom. The number of hydrogen-bond acceptors (Lipinski definition) is 12. The lowest BCUT2D eigenvalue weighted by Crippen LogP contribution is -2.43. The summed E-state index contributed by atoms with van der Waals surface area (Å²) in [4.78, 5) is 36.4. The Morgan fingerprint density at radius 2 is 1.85 bits per heavy atom. The van der Waals surface area contributed by atoms with Gasteiger partial charge in [-0.25, -0.2) is 14.8 Å². The van der Waals surface area contributed by atoms with E-state index in [4.69, 9.17) is 46.9 Å². The number of aromatic nitrogens is 4. The maximum atomic E-state index is 14.1. The molecule has 0 aliphatic carbocycles. The van der Waals surface area contributed by atoms with E-state index in [0.29, 0.717) is 13.2 Å². The molecule has 1 aromatic carbocycles. The predicted octanol–water partition coefficient (Wildman–Crippen LogP) is 6.18. The van der Waals surface area contributed by atoms with Crippen molar-refractivity contribution in [1.82, 2.24) is 19.7 Å². The summed E-state index contributed by atoms with van der Waals surface area (Å²) in [5.41, 5.74) is -0.163. The number of anilines is 4. The van der Waals surface area contributed by atoms with Gasteiger partial charge in [0, 0.05) is 33.9 Å². The van der Waals surface area contributed by atoms with Crippen LogP contribution in [0.3, 0.4) is 0 Å². The van der Waals surface area contributed by atoms with Crippen LogP contribution < -0.4 is 24.6 Å². The summed E-state index contributed by atoms with van der Waals surface area (Å²) in [6, 6.07) is 3.21. The number of nitro groups is 1. The Morgan fingerprint density at radius 3 is 2.42 bits per heavy atom. The van der Waals surface area contributed by atoms with Gasteiger partial charge in [-0.05, 0) is 19.9 Å². The highest BCUT2D eigenvalue weighted by Gasteiger charge is 2.34. The van der Waals surface area contributed by atoms with Gasteiger partial charge in [-0.1, -0.05) is 42.8 Å². The quantitative estimate of drug-likeness (QED) is 0.0660. The van der Waals surface area contributed by atoms with Crippen LogP contribution in [0.25, 0.3) is 0 Å². The maximum Gasteiger partial charge on any atom is 0.331 e. The molecule has 1 atom stereocenters. The van der Waals surface area contributed by atoms with Crippen LogP contribution in [-0.4, -0.2) is 91.9 Å². The molecule has 0 saturated carbocycles. The van der Waals surface area contributed by atoms with Gasteiger partial charge < -0.3 is 29.0 Å². The molecule has 1 aliphatic rings. The van der Waals surface area contributed by atoms with Crippen LogP contribution in [0.4, 0.5) is 33.6 Å². The van der Waals surface area contributed by atoms with Crippen molar-refractivity contribution in [2.75, 3.05) is 56.3 Å². The Bertz CT molecular complexity index is 1610. The summed E-state index contributed by atoms with van der Waals surface area (Å²) >= 11 is 13.4. The summed E-state index contributed by atoms with van der Waals surface area (Å²) in [7, 11) is 2.91. The van der Waals surface area contributed by atoms with Crippen molar-refractivity contribution in [3.63, 3.8) is 0 Å². The van der Waals surface area contributed by atoms with E-state index in [0.717, 1.165) is 6.04 Å². The van der Waals surface area contributed by atoms with Gasteiger partial charge in [-0.2, -0.15) is 0 Å². The predicted molar refractivity (Wildman–Crippen MR) is 184 cm³/mol. The molecular formula is C29H40Cl2N8O8Si. The molecular weight excluding hydrogens is 687 g/mol. The lowest BCUT2D eigenvalue weighted by molar-refractivity contribution is -0.384. The minimum atomic E-state index is -1.44. The molecule has 2 amide bonds. The number of benzene rings is 1. The number of carbonyl (C=O) groups excluding carboxylic acids is 1. The maximum absolute atomic E-state index is 14.1. The number of halogens is 2. The average Bonchev–Trinajstić information content (AvgIpc) is 3.58. The fourth-order valence-corrected chi connectivity index (χ4v) is 6.11. The first-order valence-corrected chi connectivity index (χ1v) is 19.4. The first-order valence-electron chi connectivity index (χ1n) is 14.9. The summed E-state index contributed by atoms with van der Waals surface area (Å²) in [5, 5.41) is 19.2. The summed E-state index contributed by atoms with van der Waals surface area (Å²) in [6.45, 7) is 11.0. The van der Waals surface area contributed by atoms with Crippen LogP contribution in [0.5, 0.6) is 11.5 Å². The second-order valence-electron chi connectivity index (χ2n) is 12.6. The highest BCUT2D eigenvalue weighted by molar-refractivity contribution is 6.76. The van der Waals surface area contributed by atoms with Crippen LogP contribution in [0.2, 0.25) is 35.7 Å². The zero-order valence-corrected chi connectivity index (χ0v) is 30.6. The topological polar surface area (TPSA) is 168 Å². The first-order chi connectivity index (χ1) is 22.5. The highest BCUT2D eigenvalue weighted by atomic mass is 35.5.